The molecule has 1 aliphatic carbocycles. The Labute approximate surface area is 181 Å². The fraction of sp³-hybridized carbons (Fsp3) is 0.250. The van der Waals surface area contributed by atoms with Gasteiger partial charge in [0.05, 0.1) is 13.1 Å². The number of rotatable bonds is 6. The highest BCUT2D eigenvalue weighted by molar-refractivity contribution is 14.0. The van der Waals surface area contributed by atoms with Gasteiger partial charge in [-0.25, -0.2) is 4.99 Å². The molecular weight excluding hydrogens is 469 g/mol. The number of primary amides is 1. The molecule has 0 atom stereocenters. The molecule has 2 aromatic rings. The molecule has 2 amide bonds. The summed E-state index contributed by atoms with van der Waals surface area (Å²) in [5, 5.41) is 5.56. The van der Waals surface area contributed by atoms with Crippen LogP contribution in [0.25, 0.3) is 0 Å². The van der Waals surface area contributed by atoms with Gasteiger partial charge in [-0.3, -0.25) is 9.59 Å². The average Bonchev–Trinajstić information content (AvgIpc) is 3.12. The van der Waals surface area contributed by atoms with Crippen molar-refractivity contribution in [3.8, 4) is 0 Å². The number of aliphatic imine (C=N–C) groups is 1. The van der Waals surface area contributed by atoms with Gasteiger partial charge >= 0.3 is 0 Å². The first-order valence-corrected chi connectivity index (χ1v) is 8.85. The second kappa shape index (κ2) is 10.1. The lowest BCUT2D eigenvalue weighted by molar-refractivity contribution is -0.117. The first-order chi connectivity index (χ1) is 13.0. The summed E-state index contributed by atoms with van der Waals surface area (Å²) >= 11 is 0. The average molecular weight is 493 g/mol. The quantitative estimate of drug-likeness (QED) is 0.279. The zero-order valence-electron chi connectivity index (χ0n) is 15.4. The predicted octanol–water partition coefficient (Wildman–Crippen LogP) is 1.94. The van der Waals surface area contributed by atoms with E-state index in [4.69, 9.17) is 11.5 Å². The molecule has 28 heavy (non-hydrogen) atoms. The van der Waals surface area contributed by atoms with E-state index in [1.165, 1.54) is 17.5 Å². The summed E-state index contributed by atoms with van der Waals surface area (Å²) in [6.07, 6.45) is 3.47. The van der Waals surface area contributed by atoms with Gasteiger partial charge in [-0.1, -0.05) is 18.2 Å². The van der Waals surface area contributed by atoms with Crippen molar-refractivity contribution in [1.82, 2.24) is 5.32 Å². The molecule has 6 N–H and O–H groups in total. The summed E-state index contributed by atoms with van der Waals surface area (Å²) in [6, 6.07) is 13.2. The minimum Gasteiger partial charge on any atom is -0.370 e. The highest BCUT2D eigenvalue weighted by atomic mass is 127. The smallest absolute Gasteiger partial charge is 0.251 e. The van der Waals surface area contributed by atoms with Crippen LogP contribution in [0.5, 0.6) is 0 Å². The maximum absolute atomic E-state index is 11.8. The Morgan fingerprint density at radius 2 is 1.71 bits per heavy atom. The summed E-state index contributed by atoms with van der Waals surface area (Å²) in [6.45, 7) is 0.211. The molecule has 0 aromatic heterocycles. The van der Waals surface area contributed by atoms with Crippen LogP contribution < -0.4 is 22.1 Å². The summed E-state index contributed by atoms with van der Waals surface area (Å²) in [7, 11) is 0. The molecule has 0 saturated carbocycles. The number of benzene rings is 2. The summed E-state index contributed by atoms with van der Waals surface area (Å²) < 4.78 is 0. The monoisotopic (exact) mass is 493 g/mol. The van der Waals surface area contributed by atoms with Crippen molar-refractivity contribution in [2.45, 2.75) is 25.8 Å². The molecule has 7 nitrogen and oxygen atoms in total. The largest absolute Gasteiger partial charge is 0.370 e. The van der Waals surface area contributed by atoms with Crippen LogP contribution in [0.15, 0.2) is 47.5 Å². The number of carbonyl (C=O) groups is 2. The summed E-state index contributed by atoms with van der Waals surface area (Å²) in [4.78, 5) is 26.9. The van der Waals surface area contributed by atoms with Crippen LogP contribution in [0, 0.1) is 0 Å². The van der Waals surface area contributed by atoms with Crippen LogP contribution >= 0.6 is 24.0 Å². The van der Waals surface area contributed by atoms with Crippen molar-refractivity contribution >= 4 is 47.4 Å². The molecule has 0 radical (unpaired) electrons. The molecule has 0 heterocycles. The molecule has 0 bridgehead atoms. The number of guanidine groups is 1. The Bertz CT molecular complexity index is 881. The lowest BCUT2D eigenvalue weighted by atomic mass is 10.1. The van der Waals surface area contributed by atoms with Crippen molar-refractivity contribution < 1.29 is 9.59 Å². The van der Waals surface area contributed by atoms with Gasteiger partial charge < -0.3 is 22.1 Å². The minimum absolute atomic E-state index is 0. The van der Waals surface area contributed by atoms with Gasteiger partial charge in [0.2, 0.25) is 5.91 Å². The predicted molar refractivity (Wildman–Crippen MR) is 121 cm³/mol. The zero-order valence-corrected chi connectivity index (χ0v) is 17.7. The van der Waals surface area contributed by atoms with Crippen molar-refractivity contribution in [3.63, 3.8) is 0 Å². The van der Waals surface area contributed by atoms with Gasteiger partial charge in [0.15, 0.2) is 5.96 Å². The van der Waals surface area contributed by atoms with E-state index in [1.54, 1.807) is 24.3 Å². The van der Waals surface area contributed by atoms with E-state index in [0.29, 0.717) is 18.1 Å². The van der Waals surface area contributed by atoms with Crippen LogP contribution in [-0.4, -0.2) is 24.3 Å². The Hall–Kier alpha value is -2.62. The van der Waals surface area contributed by atoms with E-state index in [0.717, 1.165) is 24.1 Å². The number of nitrogens with one attached hydrogen (secondary N) is 2. The Balaban J connectivity index is 0.00000280. The maximum atomic E-state index is 11.8. The molecule has 2 aromatic carbocycles. The lowest BCUT2D eigenvalue weighted by Crippen LogP contribution is -2.33. The zero-order chi connectivity index (χ0) is 19.2. The summed E-state index contributed by atoms with van der Waals surface area (Å²) in [5.74, 6) is -0.585. The minimum atomic E-state index is -0.583. The van der Waals surface area contributed by atoms with E-state index in [1.807, 2.05) is 6.07 Å². The topological polar surface area (TPSA) is 123 Å². The Kier molecular flexibility index (Phi) is 7.80. The van der Waals surface area contributed by atoms with Crippen LogP contribution in [0.2, 0.25) is 0 Å². The number of hydrogen-bond acceptors (Lipinski definition) is 3. The van der Waals surface area contributed by atoms with E-state index >= 15 is 0 Å². The second-order valence-electron chi connectivity index (χ2n) is 6.51. The van der Waals surface area contributed by atoms with Gasteiger partial charge in [-0.2, -0.15) is 0 Å². The Morgan fingerprint density at radius 1 is 1.00 bits per heavy atom. The van der Waals surface area contributed by atoms with Crippen LogP contribution in [0.1, 0.15) is 33.5 Å². The van der Waals surface area contributed by atoms with Crippen LogP contribution in [0.3, 0.4) is 0 Å². The fourth-order valence-corrected chi connectivity index (χ4v) is 3.04. The number of fused-ring (bicyclic) bond motifs is 1. The third-order valence-electron chi connectivity index (χ3n) is 4.44. The molecule has 0 spiro atoms. The Morgan fingerprint density at radius 3 is 2.43 bits per heavy atom. The van der Waals surface area contributed by atoms with Gasteiger partial charge in [-0.15, -0.1) is 24.0 Å². The van der Waals surface area contributed by atoms with E-state index < -0.39 is 5.91 Å². The van der Waals surface area contributed by atoms with E-state index in [-0.39, 0.29) is 36.4 Å². The van der Waals surface area contributed by atoms with E-state index in [2.05, 4.69) is 27.8 Å². The lowest BCUT2D eigenvalue weighted by Gasteiger charge is -2.08. The van der Waals surface area contributed by atoms with Gasteiger partial charge in [-0.05, 0) is 60.2 Å². The van der Waals surface area contributed by atoms with Crippen molar-refractivity contribution in [2.75, 3.05) is 11.9 Å². The molecule has 0 saturated heterocycles. The molecule has 1 aliphatic rings. The fourth-order valence-electron chi connectivity index (χ4n) is 3.04. The van der Waals surface area contributed by atoms with Crippen LogP contribution in [0.4, 0.5) is 5.69 Å². The molecule has 0 fully saturated rings. The first-order valence-electron chi connectivity index (χ1n) is 8.85. The number of hydrogen-bond donors (Lipinski definition) is 4. The summed E-state index contributed by atoms with van der Waals surface area (Å²) in [5.41, 5.74) is 16.1. The second-order valence-corrected chi connectivity index (χ2v) is 6.51. The van der Waals surface area contributed by atoms with Crippen molar-refractivity contribution in [1.29, 1.82) is 0 Å². The SMILES string of the molecule is I.NC(=O)CNC(=O)c1ccc(CN=C(N)Nc2ccc3c(c2)CCC3)cc1. The number of halogens is 1. The third-order valence-corrected chi connectivity index (χ3v) is 4.44. The third kappa shape index (κ3) is 5.95. The van der Waals surface area contributed by atoms with Gasteiger partial charge in [0.1, 0.15) is 0 Å². The molecule has 0 unspecified atom stereocenters. The number of nitrogens with zero attached hydrogens (tertiary/aromatic N) is 1. The normalized spacial score (nSPS) is 12.6. The van der Waals surface area contributed by atoms with Gasteiger partial charge in [0, 0.05) is 11.3 Å². The molecular formula is C20H24IN5O2. The number of carbonyl (C=O) groups excluding carboxylic acids is 2. The molecule has 148 valence electrons. The number of anilines is 1. The van der Waals surface area contributed by atoms with Crippen LogP contribution in [-0.2, 0) is 24.2 Å². The van der Waals surface area contributed by atoms with E-state index in [9.17, 15) is 9.59 Å². The number of amides is 2. The standard InChI is InChI=1S/C20H23N5O2.HI/c21-18(26)12-23-19(27)15-6-4-13(5-7-15)11-24-20(22)25-17-9-8-14-2-1-3-16(14)10-17;/h4-10H,1-3,11-12H2,(H2,21,26)(H,23,27)(H3,22,24,25);1H. The molecule has 8 heteroatoms. The highest BCUT2D eigenvalue weighted by Gasteiger charge is 2.11. The first kappa shape index (κ1) is 21.7. The number of aryl methyl sites for hydroxylation is 2. The number of nitrogens with two attached hydrogens (primary N) is 2. The van der Waals surface area contributed by atoms with Crippen molar-refractivity contribution in [3.05, 3.63) is 64.7 Å². The maximum Gasteiger partial charge on any atom is 0.251 e. The van der Waals surface area contributed by atoms with Crippen molar-refractivity contribution in [2.24, 2.45) is 16.5 Å². The molecule has 0 aliphatic heterocycles. The highest BCUT2D eigenvalue weighted by Crippen LogP contribution is 2.24. The van der Waals surface area contributed by atoms with Gasteiger partial charge in [0.25, 0.3) is 5.91 Å². The molecule has 3 rings (SSSR count).